The van der Waals surface area contributed by atoms with Gasteiger partial charge in [-0.2, -0.15) is 0 Å². The third-order valence-corrected chi connectivity index (χ3v) is 4.49. The first-order valence-corrected chi connectivity index (χ1v) is 7.50. The highest BCUT2D eigenvalue weighted by Crippen LogP contribution is 2.31. The molecule has 1 amide bonds. The minimum atomic E-state index is -0.239. The van der Waals surface area contributed by atoms with Gasteiger partial charge < -0.3 is 15.4 Å². The van der Waals surface area contributed by atoms with Gasteiger partial charge in [-0.25, -0.2) is 0 Å². The number of hydrogen-bond donors (Lipinski definition) is 1. The molecule has 2 rings (SSSR count). The monoisotopic (exact) mass is 268 g/mol. The maximum atomic E-state index is 12.7. The van der Waals surface area contributed by atoms with E-state index < -0.39 is 0 Å². The normalized spacial score (nSPS) is 39.1. The molecule has 4 atom stereocenters. The Kier molecular flexibility index (Phi) is 4.21. The topological polar surface area (TPSA) is 55.6 Å². The highest BCUT2D eigenvalue weighted by molar-refractivity contribution is 5.79. The van der Waals surface area contributed by atoms with Gasteiger partial charge in [0.1, 0.15) is 0 Å². The second-order valence-corrected chi connectivity index (χ2v) is 7.06. The zero-order valence-corrected chi connectivity index (χ0v) is 12.7. The first kappa shape index (κ1) is 14.8. The van der Waals surface area contributed by atoms with Gasteiger partial charge in [-0.05, 0) is 46.0 Å². The number of nitrogens with zero attached hydrogens (tertiary/aromatic N) is 1. The Morgan fingerprint density at radius 2 is 2.00 bits per heavy atom. The molecule has 1 heterocycles. The molecule has 0 spiro atoms. The molecule has 1 saturated heterocycles. The average molecular weight is 268 g/mol. The predicted molar refractivity (Wildman–Crippen MR) is 75.7 cm³/mol. The van der Waals surface area contributed by atoms with Crippen molar-refractivity contribution in [2.45, 2.75) is 64.7 Å². The van der Waals surface area contributed by atoms with Crippen LogP contribution in [0, 0.1) is 11.8 Å². The molecule has 0 radical (unpaired) electrons. The van der Waals surface area contributed by atoms with Crippen LogP contribution in [-0.2, 0) is 9.53 Å². The predicted octanol–water partition coefficient (Wildman–Crippen LogP) is 1.78. The highest BCUT2D eigenvalue weighted by atomic mass is 16.5. The fraction of sp³-hybridized carbons (Fsp3) is 0.933. The third-order valence-electron chi connectivity index (χ3n) is 4.49. The number of morpholine rings is 1. The fourth-order valence-electron chi connectivity index (χ4n) is 3.46. The van der Waals surface area contributed by atoms with Gasteiger partial charge >= 0.3 is 0 Å². The van der Waals surface area contributed by atoms with Gasteiger partial charge in [0, 0.05) is 25.0 Å². The average Bonchev–Trinajstić information content (AvgIpc) is 2.29. The van der Waals surface area contributed by atoms with E-state index in [0.29, 0.717) is 19.0 Å². The van der Waals surface area contributed by atoms with Crippen molar-refractivity contribution in [1.82, 2.24) is 4.90 Å². The largest absolute Gasteiger partial charge is 0.369 e. The van der Waals surface area contributed by atoms with E-state index in [2.05, 4.69) is 20.8 Å². The van der Waals surface area contributed by atoms with Crippen LogP contribution in [0.15, 0.2) is 0 Å². The molecule has 0 aromatic carbocycles. The summed E-state index contributed by atoms with van der Waals surface area (Å²) in [6.07, 6.45) is 3.01. The maximum absolute atomic E-state index is 12.7. The molecule has 4 heteroatoms. The SMILES string of the molecule is CC1CN(C(=O)C2CCC(C)C(N)C2)CC(C)(C)O1. The molecule has 4 nitrogen and oxygen atoms in total. The molecular formula is C15H28N2O2. The number of ether oxygens (including phenoxy) is 1. The Labute approximate surface area is 116 Å². The van der Waals surface area contributed by atoms with Crippen LogP contribution in [0.4, 0.5) is 0 Å². The molecule has 0 aromatic rings. The maximum Gasteiger partial charge on any atom is 0.225 e. The summed E-state index contributed by atoms with van der Waals surface area (Å²) in [5, 5.41) is 0. The van der Waals surface area contributed by atoms with Gasteiger partial charge in [0.15, 0.2) is 0 Å². The first-order valence-electron chi connectivity index (χ1n) is 7.50. The van der Waals surface area contributed by atoms with Crippen LogP contribution in [0.3, 0.4) is 0 Å². The van der Waals surface area contributed by atoms with E-state index in [1.807, 2.05) is 11.8 Å². The molecule has 4 unspecified atom stereocenters. The molecule has 19 heavy (non-hydrogen) atoms. The van der Waals surface area contributed by atoms with Crippen molar-refractivity contribution in [2.24, 2.45) is 17.6 Å². The molecular weight excluding hydrogens is 240 g/mol. The zero-order valence-electron chi connectivity index (χ0n) is 12.7. The molecule has 1 aliphatic carbocycles. The van der Waals surface area contributed by atoms with Crippen LogP contribution in [0.25, 0.3) is 0 Å². The van der Waals surface area contributed by atoms with Crippen molar-refractivity contribution in [3.8, 4) is 0 Å². The lowest BCUT2D eigenvalue weighted by molar-refractivity contribution is -0.162. The molecule has 2 N–H and O–H groups in total. The van der Waals surface area contributed by atoms with Crippen molar-refractivity contribution < 1.29 is 9.53 Å². The van der Waals surface area contributed by atoms with E-state index in [-0.39, 0.29) is 29.6 Å². The van der Waals surface area contributed by atoms with E-state index >= 15 is 0 Å². The third kappa shape index (κ3) is 3.48. The van der Waals surface area contributed by atoms with Crippen LogP contribution in [0.1, 0.15) is 47.0 Å². The minimum Gasteiger partial charge on any atom is -0.369 e. The Morgan fingerprint density at radius 1 is 1.32 bits per heavy atom. The van der Waals surface area contributed by atoms with E-state index in [0.717, 1.165) is 19.3 Å². The van der Waals surface area contributed by atoms with Crippen LogP contribution in [0.2, 0.25) is 0 Å². The standard InChI is InChI=1S/C15H28N2O2/c1-10-5-6-12(7-13(10)16)14(18)17-8-11(2)19-15(3,4)9-17/h10-13H,5-9,16H2,1-4H3. The lowest BCUT2D eigenvalue weighted by atomic mass is 9.79. The summed E-state index contributed by atoms with van der Waals surface area (Å²) in [6.45, 7) is 9.73. The van der Waals surface area contributed by atoms with Gasteiger partial charge in [-0.15, -0.1) is 0 Å². The Morgan fingerprint density at radius 3 is 2.58 bits per heavy atom. The van der Waals surface area contributed by atoms with Gasteiger partial charge in [0.2, 0.25) is 5.91 Å². The van der Waals surface area contributed by atoms with Crippen LogP contribution < -0.4 is 5.73 Å². The second kappa shape index (κ2) is 5.41. The van der Waals surface area contributed by atoms with E-state index in [4.69, 9.17) is 10.5 Å². The number of nitrogens with two attached hydrogens (primary N) is 1. The minimum absolute atomic E-state index is 0.115. The summed E-state index contributed by atoms with van der Waals surface area (Å²) < 4.78 is 5.86. The number of rotatable bonds is 1. The van der Waals surface area contributed by atoms with E-state index in [9.17, 15) is 4.79 Å². The number of carbonyl (C=O) groups excluding carboxylic acids is 1. The smallest absolute Gasteiger partial charge is 0.225 e. The summed E-state index contributed by atoms with van der Waals surface area (Å²) in [4.78, 5) is 14.6. The molecule has 110 valence electrons. The molecule has 2 fully saturated rings. The molecule has 1 aliphatic heterocycles. The van der Waals surface area contributed by atoms with Crippen molar-refractivity contribution in [1.29, 1.82) is 0 Å². The Balaban J connectivity index is 1.99. The fourth-order valence-corrected chi connectivity index (χ4v) is 3.46. The molecule has 1 saturated carbocycles. The summed E-state index contributed by atoms with van der Waals surface area (Å²) in [5.74, 6) is 0.946. The lowest BCUT2D eigenvalue weighted by Crippen LogP contribution is -2.55. The van der Waals surface area contributed by atoms with Crippen LogP contribution in [-0.4, -0.2) is 41.6 Å². The van der Waals surface area contributed by atoms with Gasteiger partial charge in [0.05, 0.1) is 11.7 Å². The zero-order chi connectivity index (χ0) is 14.2. The van der Waals surface area contributed by atoms with Crippen LogP contribution in [0.5, 0.6) is 0 Å². The van der Waals surface area contributed by atoms with E-state index in [1.54, 1.807) is 0 Å². The van der Waals surface area contributed by atoms with E-state index in [1.165, 1.54) is 0 Å². The Bertz CT molecular complexity index is 343. The summed E-state index contributed by atoms with van der Waals surface area (Å²) >= 11 is 0. The first-order chi connectivity index (χ1) is 8.78. The second-order valence-electron chi connectivity index (χ2n) is 7.06. The van der Waals surface area contributed by atoms with Crippen molar-refractivity contribution in [2.75, 3.05) is 13.1 Å². The summed E-state index contributed by atoms with van der Waals surface area (Å²) in [5.41, 5.74) is 5.88. The number of hydrogen-bond acceptors (Lipinski definition) is 3. The summed E-state index contributed by atoms with van der Waals surface area (Å²) in [7, 11) is 0. The lowest BCUT2D eigenvalue weighted by Gasteiger charge is -2.43. The highest BCUT2D eigenvalue weighted by Gasteiger charge is 2.38. The molecule has 2 aliphatic rings. The van der Waals surface area contributed by atoms with Crippen molar-refractivity contribution in [3.05, 3.63) is 0 Å². The van der Waals surface area contributed by atoms with Gasteiger partial charge in [0.25, 0.3) is 0 Å². The Hall–Kier alpha value is -0.610. The number of carbonyl (C=O) groups is 1. The van der Waals surface area contributed by atoms with Crippen LogP contribution >= 0.6 is 0 Å². The van der Waals surface area contributed by atoms with Gasteiger partial charge in [-0.3, -0.25) is 4.79 Å². The quantitative estimate of drug-likeness (QED) is 0.788. The van der Waals surface area contributed by atoms with Gasteiger partial charge in [-0.1, -0.05) is 6.92 Å². The number of amides is 1. The summed E-state index contributed by atoms with van der Waals surface area (Å²) in [6, 6.07) is 0.175. The van der Waals surface area contributed by atoms with Crippen molar-refractivity contribution in [3.63, 3.8) is 0 Å². The molecule has 0 aromatic heterocycles. The van der Waals surface area contributed by atoms with Crippen molar-refractivity contribution >= 4 is 5.91 Å². The molecule has 0 bridgehead atoms.